The minimum atomic E-state index is 0.476. The number of hydrogen-bond acceptors (Lipinski definition) is 1. The van der Waals surface area contributed by atoms with Crippen molar-refractivity contribution in [2.75, 3.05) is 7.11 Å². The first-order valence-electron chi connectivity index (χ1n) is 6.48. The van der Waals surface area contributed by atoms with Crippen LogP contribution in [-0.2, 0) is 0 Å². The van der Waals surface area contributed by atoms with Crippen LogP contribution in [0.15, 0.2) is 48.6 Å². The molecule has 0 spiro atoms. The number of rotatable bonds is 6. The molecule has 0 fully saturated rings. The van der Waals surface area contributed by atoms with E-state index in [0.717, 1.165) is 12.2 Å². The van der Waals surface area contributed by atoms with Crippen LogP contribution in [0, 0.1) is 5.92 Å². The zero-order valence-corrected chi connectivity index (χ0v) is 11.9. The minimum absolute atomic E-state index is 0.476. The molecule has 1 aromatic rings. The summed E-state index contributed by atoms with van der Waals surface area (Å²) in [5.41, 5.74) is 2.70. The third-order valence-corrected chi connectivity index (χ3v) is 3.38. The lowest BCUT2D eigenvalue weighted by molar-refractivity contribution is 0.414. The van der Waals surface area contributed by atoms with Crippen molar-refractivity contribution in [2.45, 2.75) is 33.1 Å². The summed E-state index contributed by atoms with van der Waals surface area (Å²) in [7, 11) is 1.69. The maximum absolute atomic E-state index is 5.19. The molecular weight excluding hydrogens is 220 g/mol. The van der Waals surface area contributed by atoms with Crippen LogP contribution in [0.4, 0.5) is 0 Å². The third kappa shape index (κ3) is 4.06. The molecule has 0 N–H and O–H groups in total. The lowest BCUT2D eigenvalue weighted by Gasteiger charge is -2.20. The Labute approximate surface area is 111 Å². The van der Waals surface area contributed by atoms with Crippen LogP contribution < -0.4 is 4.74 Å². The molecule has 1 heteroatoms. The second kappa shape index (κ2) is 7.05. The zero-order chi connectivity index (χ0) is 13.5. The van der Waals surface area contributed by atoms with Gasteiger partial charge in [0.2, 0.25) is 0 Å². The summed E-state index contributed by atoms with van der Waals surface area (Å²) in [5, 5.41) is 0. The molecule has 0 saturated heterocycles. The van der Waals surface area contributed by atoms with Crippen LogP contribution in [-0.4, -0.2) is 7.11 Å². The maximum atomic E-state index is 5.19. The van der Waals surface area contributed by atoms with Crippen molar-refractivity contribution in [3.8, 4) is 5.75 Å². The molecule has 2 atom stereocenters. The van der Waals surface area contributed by atoms with E-state index in [0.29, 0.717) is 11.8 Å². The van der Waals surface area contributed by atoms with Crippen molar-refractivity contribution in [1.29, 1.82) is 0 Å². The van der Waals surface area contributed by atoms with E-state index in [1.54, 1.807) is 7.11 Å². The molecule has 0 saturated carbocycles. The number of ether oxygens (including phenoxy) is 1. The van der Waals surface area contributed by atoms with E-state index in [1.807, 2.05) is 12.1 Å². The van der Waals surface area contributed by atoms with Crippen molar-refractivity contribution in [3.05, 3.63) is 54.1 Å². The molecule has 2 unspecified atom stereocenters. The van der Waals surface area contributed by atoms with Gasteiger partial charge in [-0.25, -0.2) is 0 Å². The first-order valence-corrected chi connectivity index (χ1v) is 6.48. The first kappa shape index (κ1) is 14.6. The average molecular weight is 244 g/mol. The van der Waals surface area contributed by atoms with E-state index in [1.165, 1.54) is 11.1 Å². The molecule has 0 aliphatic heterocycles. The number of benzene rings is 1. The van der Waals surface area contributed by atoms with Crippen molar-refractivity contribution in [3.63, 3.8) is 0 Å². The molecule has 1 rings (SSSR count). The summed E-state index contributed by atoms with van der Waals surface area (Å²) >= 11 is 0. The van der Waals surface area contributed by atoms with Gasteiger partial charge in [-0.1, -0.05) is 36.8 Å². The normalized spacial score (nSPS) is 13.6. The Morgan fingerprint density at radius 3 is 2.33 bits per heavy atom. The Kier molecular flexibility index (Phi) is 5.70. The van der Waals surface area contributed by atoms with Gasteiger partial charge in [0.25, 0.3) is 0 Å². The highest BCUT2D eigenvalue weighted by Crippen LogP contribution is 2.29. The summed E-state index contributed by atoms with van der Waals surface area (Å²) in [6, 6.07) is 8.32. The van der Waals surface area contributed by atoms with Gasteiger partial charge < -0.3 is 4.74 Å². The van der Waals surface area contributed by atoms with Crippen molar-refractivity contribution in [1.82, 2.24) is 0 Å². The van der Waals surface area contributed by atoms with Gasteiger partial charge in [-0.2, -0.15) is 0 Å². The molecule has 98 valence electrons. The van der Waals surface area contributed by atoms with Gasteiger partial charge in [0.15, 0.2) is 0 Å². The van der Waals surface area contributed by atoms with Crippen LogP contribution in [0.3, 0.4) is 0 Å². The van der Waals surface area contributed by atoms with E-state index >= 15 is 0 Å². The van der Waals surface area contributed by atoms with Crippen molar-refractivity contribution < 1.29 is 4.74 Å². The fourth-order valence-electron chi connectivity index (χ4n) is 2.03. The summed E-state index contributed by atoms with van der Waals surface area (Å²) in [6.07, 6.45) is 5.40. The monoisotopic (exact) mass is 244 g/mol. The van der Waals surface area contributed by atoms with Crippen molar-refractivity contribution in [2.24, 2.45) is 5.92 Å². The smallest absolute Gasteiger partial charge is 0.118 e. The number of methoxy groups -OCH3 is 1. The second-order valence-corrected chi connectivity index (χ2v) is 4.98. The van der Waals surface area contributed by atoms with Crippen LogP contribution in [0.1, 0.15) is 38.7 Å². The average Bonchev–Trinajstić information content (AvgIpc) is 2.39. The quantitative estimate of drug-likeness (QED) is 0.643. The maximum Gasteiger partial charge on any atom is 0.118 e. The van der Waals surface area contributed by atoms with Gasteiger partial charge in [-0.05, 0) is 49.8 Å². The summed E-state index contributed by atoms with van der Waals surface area (Å²) in [5.74, 6) is 1.86. The number of allylic oxidation sites excluding steroid dienone is 3. The highest BCUT2D eigenvalue weighted by molar-refractivity contribution is 5.30. The highest BCUT2D eigenvalue weighted by Gasteiger charge is 2.14. The van der Waals surface area contributed by atoms with Crippen molar-refractivity contribution >= 4 is 0 Å². The van der Waals surface area contributed by atoms with Gasteiger partial charge in [0, 0.05) is 0 Å². The van der Waals surface area contributed by atoms with Crippen LogP contribution in [0.25, 0.3) is 0 Å². The van der Waals surface area contributed by atoms with Crippen LogP contribution >= 0.6 is 0 Å². The molecule has 0 heterocycles. The molecule has 1 aromatic carbocycles. The zero-order valence-electron chi connectivity index (χ0n) is 11.9. The molecule has 0 aliphatic rings. The third-order valence-electron chi connectivity index (χ3n) is 3.38. The van der Waals surface area contributed by atoms with E-state index in [2.05, 4.69) is 51.6 Å². The second-order valence-electron chi connectivity index (χ2n) is 4.98. The fraction of sp³-hybridized carbons (Fsp3) is 0.412. The molecular formula is C17H24O. The molecule has 0 radical (unpaired) electrons. The van der Waals surface area contributed by atoms with Crippen LogP contribution in [0.2, 0.25) is 0 Å². The van der Waals surface area contributed by atoms with Crippen LogP contribution in [0.5, 0.6) is 5.75 Å². The molecule has 0 bridgehead atoms. The SMILES string of the molecule is C=CC(CC=C(C)C)C(C)c1ccc(OC)cc1. The highest BCUT2D eigenvalue weighted by atomic mass is 16.5. The lowest BCUT2D eigenvalue weighted by atomic mass is 9.85. The Bertz CT molecular complexity index is 396. The number of hydrogen-bond donors (Lipinski definition) is 0. The van der Waals surface area contributed by atoms with E-state index in [-0.39, 0.29) is 0 Å². The van der Waals surface area contributed by atoms with E-state index < -0.39 is 0 Å². The fourth-order valence-corrected chi connectivity index (χ4v) is 2.03. The topological polar surface area (TPSA) is 9.23 Å². The molecule has 1 nitrogen and oxygen atoms in total. The predicted octanol–water partition coefficient (Wildman–Crippen LogP) is 4.96. The largest absolute Gasteiger partial charge is 0.497 e. The van der Waals surface area contributed by atoms with Gasteiger partial charge >= 0.3 is 0 Å². The van der Waals surface area contributed by atoms with Gasteiger partial charge in [0.1, 0.15) is 5.75 Å². The van der Waals surface area contributed by atoms with E-state index in [9.17, 15) is 0 Å². The first-order chi connectivity index (χ1) is 8.58. The van der Waals surface area contributed by atoms with Gasteiger partial charge in [0.05, 0.1) is 7.11 Å². The summed E-state index contributed by atoms with van der Waals surface area (Å²) < 4.78 is 5.19. The van der Waals surface area contributed by atoms with Gasteiger partial charge in [-0.3, -0.25) is 0 Å². The Hall–Kier alpha value is -1.50. The lowest BCUT2D eigenvalue weighted by Crippen LogP contribution is -2.06. The Balaban J connectivity index is 2.78. The summed E-state index contributed by atoms with van der Waals surface area (Å²) in [6.45, 7) is 10.5. The molecule has 0 aliphatic carbocycles. The minimum Gasteiger partial charge on any atom is -0.497 e. The molecule has 0 aromatic heterocycles. The standard InChI is InChI=1S/C17H24O/c1-6-15(8-7-13(2)3)14(4)16-9-11-17(18-5)12-10-16/h6-7,9-12,14-15H,1,8H2,2-5H3. The molecule has 18 heavy (non-hydrogen) atoms. The Morgan fingerprint density at radius 1 is 1.28 bits per heavy atom. The predicted molar refractivity (Wildman–Crippen MR) is 79.1 cm³/mol. The summed E-state index contributed by atoms with van der Waals surface area (Å²) in [4.78, 5) is 0. The van der Waals surface area contributed by atoms with Gasteiger partial charge in [-0.15, -0.1) is 6.58 Å². The Morgan fingerprint density at radius 2 is 1.89 bits per heavy atom. The van der Waals surface area contributed by atoms with E-state index in [4.69, 9.17) is 4.74 Å². The molecule has 0 amide bonds.